The summed E-state index contributed by atoms with van der Waals surface area (Å²) >= 11 is 0. The summed E-state index contributed by atoms with van der Waals surface area (Å²) in [6.07, 6.45) is -10.4. The zero-order valence-electron chi connectivity index (χ0n) is 10.8. The normalized spacial score (nSPS) is 15.6. The molecule has 0 heterocycles. The highest BCUT2D eigenvalue weighted by atomic mass is 32.2. The largest absolute Gasteiger partial charge is 0.573 e. The number of ether oxygens (including phenoxy) is 1. The van der Waals surface area contributed by atoms with Crippen LogP contribution in [0.15, 0.2) is 24.3 Å². The molecule has 0 unspecified atom stereocenters. The first-order valence-electron chi connectivity index (χ1n) is 5.77. The van der Waals surface area contributed by atoms with Crippen LogP contribution in [0, 0.1) is 0 Å². The molecule has 2 atom stereocenters. The molecule has 0 spiro atoms. The van der Waals surface area contributed by atoms with Crippen molar-refractivity contribution < 1.29 is 35.3 Å². The van der Waals surface area contributed by atoms with Crippen molar-refractivity contribution in [1.82, 2.24) is 0 Å². The molecule has 0 aliphatic heterocycles. The molecule has 1 rings (SSSR count). The number of hydrogen-bond donors (Lipinski definition) is 0. The average molecular weight is 334 g/mol. The van der Waals surface area contributed by atoms with Gasteiger partial charge in [0, 0.05) is 16.6 Å². The molecular weight excluding hydrogens is 322 g/mol. The van der Waals surface area contributed by atoms with E-state index in [1.54, 1.807) is 0 Å². The van der Waals surface area contributed by atoms with Crippen LogP contribution in [0.25, 0.3) is 0 Å². The number of halogens is 6. The van der Waals surface area contributed by atoms with Gasteiger partial charge in [-0.3, -0.25) is 4.21 Å². The third kappa shape index (κ3) is 6.83. The number of alkyl halides is 6. The lowest BCUT2D eigenvalue weighted by molar-refractivity contribution is -0.274. The number of benzene rings is 1. The molecular formula is C12H12F6O2S. The van der Waals surface area contributed by atoms with Gasteiger partial charge in [-0.05, 0) is 24.6 Å². The molecule has 120 valence electrons. The minimum atomic E-state index is -4.82. The Kier molecular flexibility index (Phi) is 5.66. The lowest BCUT2D eigenvalue weighted by atomic mass is 10.1. The van der Waals surface area contributed by atoms with Gasteiger partial charge in [-0.2, -0.15) is 13.2 Å². The molecule has 0 aliphatic rings. The quantitative estimate of drug-likeness (QED) is 0.749. The summed E-state index contributed by atoms with van der Waals surface area (Å²) in [5.74, 6) is -0.995. The molecule has 0 bridgehead atoms. The van der Waals surface area contributed by atoms with Crippen LogP contribution in [0.4, 0.5) is 26.3 Å². The van der Waals surface area contributed by atoms with Crippen LogP contribution < -0.4 is 4.74 Å². The van der Waals surface area contributed by atoms with Crippen molar-refractivity contribution >= 4 is 10.8 Å². The van der Waals surface area contributed by atoms with Crippen LogP contribution in [-0.2, 0) is 10.8 Å². The summed E-state index contributed by atoms with van der Waals surface area (Å²) < 4.78 is 87.4. The summed E-state index contributed by atoms with van der Waals surface area (Å²) in [5, 5.41) is -0.715. The first kappa shape index (κ1) is 17.8. The first-order chi connectivity index (χ1) is 9.48. The van der Waals surface area contributed by atoms with Gasteiger partial charge in [0.2, 0.25) is 0 Å². The van der Waals surface area contributed by atoms with Gasteiger partial charge < -0.3 is 4.74 Å². The lowest BCUT2D eigenvalue weighted by Gasteiger charge is -2.14. The van der Waals surface area contributed by atoms with Crippen molar-refractivity contribution in [2.45, 2.75) is 31.1 Å². The van der Waals surface area contributed by atoms with E-state index in [9.17, 15) is 30.6 Å². The third-order valence-corrected chi connectivity index (χ3v) is 4.23. The predicted molar refractivity (Wildman–Crippen MR) is 65.2 cm³/mol. The second-order valence-corrected chi connectivity index (χ2v) is 6.09. The Balaban J connectivity index is 2.66. The van der Waals surface area contributed by atoms with Crippen LogP contribution in [0.3, 0.4) is 0 Å². The van der Waals surface area contributed by atoms with Gasteiger partial charge in [-0.15, -0.1) is 13.2 Å². The fraction of sp³-hybridized carbons (Fsp3) is 0.500. The van der Waals surface area contributed by atoms with Gasteiger partial charge in [-0.1, -0.05) is 12.1 Å². The van der Waals surface area contributed by atoms with Crippen LogP contribution in [0.1, 0.15) is 24.2 Å². The van der Waals surface area contributed by atoms with E-state index in [0.29, 0.717) is 5.56 Å². The Morgan fingerprint density at radius 3 is 2.05 bits per heavy atom. The van der Waals surface area contributed by atoms with Gasteiger partial charge in [0.25, 0.3) is 0 Å². The van der Waals surface area contributed by atoms with Gasteiger partial charge >= 0.3 is 12.5 Å². The van der Waals surface area contributed by atoms with Crippen LogP contribution in [0.2, 0.25) is 0 Å². The maximum absolute atomic E-state index is 12.0. The minimum absolute atomic E-state index is 0.380. The van der Waals surface area contributed by atoms with Crippen molar-refractivity contribution in [3.05, 3.63) is 29.8 Å². The Hall–Kier alpha value is -1.25. The van der Waals surface area contributed by atoms with E-state index in [1.165, 1.54) is 19.1 Å². The van der Waals surface area contributed by atoms with E-state index in [-0.39, 0.29) is 0 Å². The summed E-state index contributed by atoms with van der Waals surface area (Å²) in [6, 6.07) is 4.55. The van der Waals surface area contributed by atoms with E-state index >= 15 is 0 Å². The van der Waals surface area contributed by atoms with Gasteiger partial charge in [0.15, 0.2) is 0 Å². The van der Waals surface area contributed by atoms with E-state index in [1.807, 2.05) is 0 Å². The molecule has 0 N–H and O–H groups in total. The Bertz CT molecular complexity index is 480. The monoisotopic (exact) mass is 334 g/mol. The molecule has 1 aromatic carbocycles. The van der Waals surface area contributed by atoms with Gasteiger partial charge in [0.1, 0.15) is 5.75 Å². The SMILES string of the molecule is C[C@H](c1ccc(OC(F)(F)F)cc1)[S@@](=O)CCC(F)(F)F. The fourth-order valence-corrected chi connectivity index (χ4v) is 2.73. The number of hydrogen-bond acceptors (Lipinski definition) is 2. The second-order valence-electron chi connectivity index (χ2n) is 4.21. The summed E-state index contributed by atoms with van der Waals surface area (Å²) in [5.41, 5.74) is 0.380. The molecule has 0 amide bonds. The summed E-state index contributed by atoms with van der Waals surface area (Å²) in [7, 11) is -1.77. The molecule has 0 fully saturated rings. The zero-order chi connectivity index (χ0) is 16.3. The molecule has 0 aliphatic carbocycles. The predicted octanol–water partition coefficient (Wildman–Crippen LogP) is 4.35. The van der Waals surface area contributed by atoms with Gasteiger partial charge in [-0.25, -0.2) is 0 Å². The fourth-order valence-electron chi connectivity index (χ4n) is 1.49. The molecule has 9 heteroatoms. The van der Waals surface area contributed by atoms with Crippen LogP contribution in [-0.4, -0.2) is 22.5 Å². The smallest absolute Gasteiger partial charge is 0.406 e. The molecule has 2 nitrogen and oxygen atoms in total. The van der Waals surface area contributed by atoms with E-state index in [0.717, 1.165) is 12.1 Å². The summed E-state index contributed by atoms with van der Waals surface area (Å²) in [6.45, 7) is 1.45. The van der Waals surface area contributed by atoms with E-state index in [2.05, 4.69) is 4.74 Å². The highest BCUT2D eigenvalue weighted by Crippen LogP contribution is 2.27. The third-order valence-electron chi connectivity index (χ3n) is 2.56. The Labute approximate surface area is 119 Å². The second kappa shape index (κ2) is 6.67. The molecule has 21 heavy (non-hydrogen) atoms. The lowest BCUT2D eigenvalue weighted by Crippen LogP contribution is -2.17. The minimum Gasteiger partial charge on any atom is -0.406 e. The van der Waals surface area contributed by atoms with Gasteiger partial charge in [0.05, 0.1) is 11.7 Å². The Morgan fingerprint density at radius 1 is 1.10 bits per heavy atom. The number of rotatable bonds is 5. The van der Waals surface area contributed by atoms with Crippen molar-refractivity contribution in [2.24, 2.45) is 0 Å². The first-order valence-corrected chi connectivity index (χ1v) is 7.16. The van der Waals surface area contributed by atoms with Crippen LogP contribution in [0.5, 0.6) is 5.75 Å². The van der Waals surface area contributed by atoms with Crippen LogP contribution >= 0.6 is 0 Å². The van der Waals surface area contributed by atoms with E-state index < -0.39 is 46.5 Å². The maximum atomic E-state index is 12.0. The highest BCUT2D eigenvalue weighted by molar-refractivity contribution is 7.85. The summed E-state index contributed by atoms with van der Waals surface area (Å²) in [4.78, 5) is 0. The molecule has 1 aromatic rings. The average Bonchev–Trinajstić information content (AvgIpc) is 2.33. The molecule has 0 saturated heterocycles. The highest BCUT2D eigenvalue weighted by Gasteiger charge is 2.31. The van der Waals surface area contributed by atoms with Crippen molar-refractivity contribution in [3.8, 4) is 5.75 Å². The van der Waals surface area contributed by atoms with Crippen molar-refractivity contribution in [2.75, 3.05) is 5.75 Å². The topological polar surface area (TPSA) is 26.3 Å². The molecule has 0 aromatic heterocycles. The molecule has 0 radical (unpaired) electrons. The zero-order valence-corrected chi connectivity index (χ0v) is 11.6. The van der Waals surface area contributed by atoms with Crippen molar-refractivity contribution in [3.63, 3.8) is 0 Å². The van der Waals surface area contributed by atoms with Crippen molar-refractivity contribution in [1.29, 1.82) is 0 Å². The van der Waals surface area contributed by atoms with E-state index in [4.69, 9.17) is 0 Å². The standard InChI is InChI=1S/C12H12F6O2S/c1-8(21(19)7-6-11(13,14)15)9-2-4-10(5-3-9)20-12(16,17)18/h2-5,8H,6-7H2,1H3/t8-,21+/m1/s1. The maximum Gasteiger partial charge on any atom is 0.573 e. The molecule has 0 saturated carbocycles. The Morgan fingerprint density at radius 2 is 1.62 bits per heavy atom.